The van der Waals surface area contributed by atoms with Crippen molar-refractivity contribution in [2.45, 2.75) is 54.9 Å². The zero-order valence-corrected chi connectivity index (χ0v) is 12.4. The molecule has 0 saturated carbocycles. The second-order valence-electron chi connectivity index (χ2n) is 3.91. The summed E-state index contributed by atoms with van der Waals surface area (Å²) < 4.78 is 0. The highest BCUT2D eigenvalue weighted by atomic mass is 16.3. The fourth-order valence-electron chi connectivity index (χ4n) is 0.777. The van der Waals surface area contributed by atoms with E-state index in [0.717, 1.165) is 6.54 Å². The summed E-state index contributed by atoms with van der Waals surface area (Å²) >= 11 is 0. The smallest absolute Gasteiger partial charge is 0.222 e. The van der Waals surface area contributed by atoms with Gasteiger partial charge in [0.15, 0.2) is 0 Å². The zero-order chi connectivity index (χ0) is 13.8. The summed E-state index contributed by atoms with van der Waals surface area (Å²) in [5.74, 6) is 0.0940. The number of nitrogens with zero attached hydrogens (tertiary/aromatic N) is 1. The molecule has 0 heterocycles. The van der Waals surface area contributed by atoms with E-state index in [1.807, 2.05) is 48.5 Å². The highest BCUT2D eigenvalue weighted by molar-refractivity contribution is 5.76. The minimum atomic E-state index is -0.291. The van der Waals surface area contributed by atoms with Crippen molar-refractivity contribution in [3.8, 4) is 0 Å². The van der Waals surface area contributed by atoms with Gasteiger partial charge < -0.3 is 10.0 Å². The molecule has 0 aromatic heterocycles. The van der Waals surface area contributed by atoms with Crippen molar-refractivity contribution in [2.24, 2.45) is 5.41 Å². The van der Waals surface area contributed by atoms with Crippen LogP contribution in [0.25, 0.3) is 0 Å². The zero-order valence-electron chi connectivity index (χ0n) is 12.4. The van der Waals surface area contributed by atoms with Gasteiger partial charge in [-0.15, -0.1) is 0 Å². The largest absolute Gasteiger partial charge is 0.396 e. The molecule has 0 aliphatic heterocycles. The van der Waals surface area contributed by atoms with E-state index in [0.29, 0.717) is 6.42 Å². The monoisotopic (exact) mass is 233 g/mol. The Labute approximate surface area is 102 Å². The molecule has 0 fully saturated rings. The van der Waals surface area contributed by atoms with Crippen molar-refractivity contribution in [1.82, 2.24) is 4.90 Å². The van der Waals surface area contributed by atoms with E-state index in [2.05, 4.69) is 0 Å². The van der Waals surface area contributed by atoms with Crippen LogP contribution in [-0.4, -0.2) is 36.1 Å². The predicted octanol–water partition coefficient (Wildman–Crippen LogP) is 2.93. The summed E-state index contributed by atoms with van der Waals surface area (Å²) in [4.78, 5) is 13.0. The van der Waals surface area contributed by atoms with Crippen LogP contribution in [-0.2, 0) is 4.79 Å². The molecule has 3 nitrogen and oxygen atoms in total. The van der Waals surface area contributed by atoms with Crippen LogP contribution >= 0.6 is 0 Å². The number of carbonyl (C=O) groups is 1. The molecule has 0 aromatic rings. The van der Waals surface area contributed by atoms with E-state index in [4.69, 9.17) is 5.11 Å². The molecule has 0 radical (unpaired) electrons. The molecule has 0 bridgehead atoms. The first-order valence-electron chi connectivity index (χ1n) is 6.28. The van der Waals surface area contributed by atoms with Gasteiger partial charge in [0.2, 0.25) is 5.91 Å². The Kier molecular flexibility index (Phi) is 16.2. The minimum Gasteiger partial charge on any atom is -0.396 e. The molecule has 3 heteroatoms. The minimum absolute atomic E-state index is 0.0519. The number of carbonyl (C=O) groups excluding carboxylic acids is 1. The van der Waals surface area contributed by atoms with Gasteiger partial charge in [-0.3, -0.25) is 4.79 Å². The Morgan fingerprint density at radius 3 is 1.81 bits per heavy atom. The number of rotatable bonds is 4. The first kappa shape index (κ1) is 20.8. The molecule has 1 N–H and O–H groups in total. The Bertz CT molecular complexity index is 156. The van der Waals surface area contributed by atoms with Gasteiger partial charge in [-0.25, -0.2) is 0 Å². The van der Waals surface area contributed by atoms with E-state index in [1.54, 1.807) is 11.9 Å². The Hall–Kier alpha value is -0.570. The second kappa shape index (κ2) is 12.5. The molecular weight excluding hydrogens is 202 g/mol. The highest BCUT2D eigenvalue weighted by Gasteiger charge is 2.22. The van der Waals surface area contributed by atoms with Crippen molar-refractivity contribution in [2.75, 3.05) is 20.2 Å². The van der Waals surface area contributed by atoms with E-state index in [-0.39, 0.29) is 17.9 Å². The number of aliphatic hydroxyl groups is 1. The van der Waals surface area contributed by atoms with Gasteiger partial charge >= 0.3 is 0 Å². The van der Waals surface area contributed by atoms with Crippen LogP contribution in [0.2, 0.25) is 0 Å². The molecule has 0 atom stereocenters. The lowest BCUT2D eigenvalue weighted by molar-refractivity contribution is -0.132. The second-order valence-corrected chi connectivity index (χ2v) is 3.91. The summed E-state index contributed by atoms with van der Waals surface area (Å²) in [7, 11) is 1.77. The van der Waals surface area contributed by atoms with Crippen molar-refractivity contribution in [3.05, 3.63) is 0 Å². The van der Waals surface area contributed by atoms with E-state index in [1.165, 1.54) is 0 Å². The normalized spacial score (nSPS) is 9.31. The number of hydrogen-bond acceptors (Lipinski definition) is 2. The van der Waals surface area contributed by atoms with Gasteiger partial charge in [0.25, 0.3) is 0 Å². The van der Waals surface area contributed by atoms with Crippen LogP contribution in [0.1, 0.15) is 54.9 Å². The van der Waals surface area contributed by atoms with Crippen LogP contribution in [0.3, 0.4) is 0 Å². The summed E-state index contributed by atoms with van der Waals surface area (Å²) in [5.41, 5.74) is -0.291. The maximum atomic E-state index is 11.4. The third kappa shape index (κ3) is 11.5. The fraction of sp³-hybridized carbons (Fsp3) is 0.923. The standard InChI is InChI=1S/C9H19NO2.2C2H6/c1-5-10(4)8(12)6-9(2,3)7-11;2*1-2/h11H,5-7H2,1-4H3;2*1-2H3. The van der Waals surface area contributed by atoms with Crippen LogP contribution in [0.15, 0.2) is 0 Å². The van der Waals surface area contributed by atoms with Crippen LogP contribution in [0.4, 0.5) is 0 Å². The molecular formula is C13H31NO2. The lowest BCUT2D eigenvalue weighted by Crippen LogP contribution is -2.32. The van der Waals surface area contributed by atoms with Crippen LogP contribution < -0.4 is 0 Å². The topological polar surface area (TPSA) is 40.5 Å². The van der Waals surface area contributed by atoms with Crippen molar-refractivity contribution < 1.29 is 9.90 Å². The average Bonchev–Trinajstić information content (AvgIpc) is 2.32. The number of hydrogen-bond donors (Lipinski definition) is 1. The molecule has 0 spiro atoms. The van der Waals surface area contributed by atoms with Crippen LogP contribution in [0, 0.1) is 5.41 Å². The molecule has 0 aromatic carbocycles. The number of aliphatic hydroxyl groups excluding tert-OH is 1. The Morgan fingerprint density at radius 2 is 1.56 bits per heavy atom. The van der Waals surface area contributed by atoms with Crippen LogP contribution in [0.5, 0.6) is 0 Å². The average molecular weight is 233 g/mol. The van der Waals surface area contributed by atoms with E-state index in [9.17, 15) is 4.79 Å². The summed E-state index contributed by atoms with van der Waals surface area (Å²) in [6.07, 6.45) is 0.411. The lowest BCUT2D eigenvalue weighted by Gasteiger charge is -2.24. The van der Waals surface area contributed by atoms with Crippen molar-refractivity contribution >= 4 is 5.91 Å². The van der Waals surface area contributed by atoms with Gasteiger partial charge in [-0.1, -0.05) is 41.5 Å². The molecule has 0 aliphatic carbocycles. The van der Waals surface area contributed by atoms with Gasteiger partial charge in [0, 0.05) is 26.6 Å². The maximum Gasteiger partial charge on any atom is 0.222 e. The molecule has 0 aliphatic rings. The Morgan fingerprint density at radius 1 is 1.19 bits per heavy atom. The third-order valence-corrected chi connectivity index (χ3v) is 1.96. The highest BCUT2D eigenvalue weighted by Crippen LogP contribution is 2.19. The molecule has 1 amide bonds. The molecule has 100 valence electrons. The van der Waals surface area contributed by atoms with Gasteiger partial charge in [-0.05, 0) is 12.3 Å². The van der Waals surface area contributed by atoms with Gasteiger partial charge in [0.05, 0.1) is 0 Å². The first-order chi connectivity index (χ1) is 7.43. The van der Waals surface area contributed by atoms with E-state index >= 15 is 0 Å². The maximum absolute atomic E-state index is 11.4. The summed E-state index contributed by atoms with van der Waals surface area (Å²) in [6, 6.07) is 0. The van der Waals surface area contributed by atoms with Gasteiger partial charge in [-0.2, -0.15) is 0 Å². The SMILES string of the molecule is CC.CC.CCN(C)C(=O)CC(C)(C)CO. The summed E-state index contributed by atoms with van der Waals surface area (Å²) in [6.45, 7) is 14.5. The molecule has 0 saturated heterocycles. The lowest BCUT2D eigenvalue weighted by atomic mass is 9.90. The third-order valence-electron chi connectivity index (χ3n) is 1.96. The number of amides is 1. The molecule has 16 heavy (non-hydrogen) atoms. The van der Waals surface area contributed by atoms with E-state index < -0.39 is 0 Å². The van der Waals surface area contributed by atoms with Crippen molar-refractivity contribution in [1.29, 1.82) is 0 Å². The molecule has 0 unspecified atom stereocenters. The fourth-order valence-corrected chi connectivity index (χ4v) is 0.777. The van der Waals surface area contributed by atoms with Gasteiger partial charge in [0.1, 0.15) is 0 Å². The Balaban J connectivity index is -0.000000376. The first-order valence-corrected chi connectivity index (χ1v) is 6.28. The molecule has 0 rings (SSSR count). The predicted molar refractivity (Wildman–Crippen MR) is 71.5 cm³/mol. The quantitative estimate of drug-likeness (QED) is 0.811. The summed E-state index contributed by atoms with van der Waals surface area (Å²) in [5, 5.41) is 8.93. The van der Waals surface area contributed by atoms with Crippen molar-refractivity contribution in [3.63, 3.8) is 0 Å².